The summed E-state index contributed by atoms with van der Waals surface area (Å²) in [7, 11) is 1.90. The first-order valence-electron chi connectivity index (χ1n) is 6.95. The molecule has 1 amide bonds. The van der Waals surface area contributed by atoms with Gasteiger partial charge in [0.05, 0.1) is 11.6 Å². The van der Waals surface area contributed by atoms with Crippen LogP contribution in [0, 0.1) is 0 Å². The van der Waals surface area contributed by atoms with Crippen molar-refractivity contribution in [3.63, 3.8) is 0 Å². The number of amides is 1. The van der Waals surface area contributed by atoms with Gasteiger partial charge in [0.15, 0.2) is 0 Å². The van der Waals surface area contributed by atoms with Crippen molar-refractivity contribution >= 4 is 17.2 Å². The fourth-order valence-corrected chi connectivity index (χ4v) is 2.89. The van der Waals surface area contributed by atoms with Gasteiger partial charge in [-0.1, -0.05) is 30.3 Å². The highest BCUT2D eigenvalue weighted by atomic mass is 32.1. The summed E-state index contributed by atoms with van der Waals surface area (Å²) in [6, 6.07) is 10.1. The molecule has 0 aliphatic carbocycles. The van der Waals surface area contributed by atoms with Crippen LogP contribution in [-0.4, -0.2) is 20.4 Å². The lowest BCUT2D eigenvalue weighted by atomic mass is 10.2. The van der Waals surface area contributed by atoms with E-state index >= 15 is 0 Å². The van der Waals surface area contributed by atoms with Gasteiger partial charge < -0.3 is 9.88 Å². The molecule has 0 spiro atoms. The molecule has 0 atom stereocenters. The molecule has 5 nitrogen and oxygen atoms in total. The van der Waals surface area contributed by atoms with Gasteiger partial charge in [0.25, 0.3) is 5.91 Å². The maximum atomic E-state index is 12.1. The maximum Gasteiger partial charge on any atom is 0.271 e. The van der Waals surface area contributed by atoms with E-state index in [2.05, 4.69) is 27.4 Å². The van der Waals surface area contributed by atoms with Crippen molar-refractivity contribution in [2.24, 2.45) is 7.05 Å². The van der Waals surface area contributed by atoms with Crippen LogP contribution in [0.4, 0.5) is 0 Å². The zero-order valence-corrected chi connectivity index (χ0v) is 13.0. The number of carbonyl (C=O) groups is 1. The van der Waals surface area contributed by atoms with Crippen LogP contribution in [0.1, 0.15) is 26.9 Å². The monoisotopic (exact) mass is 312 g/mol. The largest absolute Gasteiger partial charge is 0.343 e. The molecule has 0 saturated heterocycles. The van der Waals surface area contributed by atoms with Crippen molar-refractivity contribution in [2.45, 2.75) is 13.0 Å². The van der Waals surface area contributed by atoms with Gasteiger partial charge >= 0.3 is 0 Å². The fourth-order valence-electron chi connectivity index (χ4n) is 2.08. The first-order valence-corrected chi connectivity index (χ1v) is 7.83. The predicted molar refractivity (Wildman–Crippen MR) is 85.7 cm³/mol. The molecule has 1 N–H and O–H groups in total. The molecule has 2 heterocycles. The highest BCUT2D eigenvalue weighted by Gasteiger charge is 2.11. The highest BCUT2D eigenvalue weighted by molar-refractivity contribution is 7.09. The van der Waals surface area contributed by atoms with Crippen LogP contribution in [-0.2, 0) is 20.0 Å². The van der Waals surface area contributed by atoms with Crippen molar-refractivity contribution in [1.82, 2.24) is 19.9 Å². The van der Waals surface area contributed by atoms with E-state index < -0.39 is 0 Å². The Labute approximate surface area is 132 Å². The van der Waals surface area contributed by atoms with E-state index in [1.165, 1.54) is 16.9 Å². The topological polar surface area (TPSA) is 59.8 Å². The predicted octanol–water partition coefficient (Wildman–Crippen LogP) is 2.40. The molecule has 0 unspecified atom stereocenters. The maximum absolute atomic E-state index is 12.1. The summed E-state index contributed by atoms with van der Waals surface area (Å²) in [6.45, 7) is 0.397. The van der Waals surface area contributed by atoms with Gasteiger partial charge in [-0.3, -0.25) is 4.79 Å². The zero-order valence-electron chi connectivity index (χ0n) is 12.2. The average molecular weight is 312 g/mol. The molecule has 2 aromatic heterocycles. The number of nitrogens with zero attached hydrogens (tertiary/aromatic N) is 3. The Balaban J connectivity index is 1.61. The van der Waals surface area contributed by atoms with Gasteiger partial charge in [-0.2, -0.15) is 0 Å². The SMILES string of the molecule is Cn1ccnc1CNC(=O)c1csc(Cc2ccccc2)n1. The molecule has 3 aromatic rings. The van der Waals surface area contributed by atoms with Gasteiger partial charge in [-0.05, 0) is 5.56 Å². The summed E-state index contributed by atoms with van der Waals surface area (Å²) < 4.78 is 1.88. The molecule has 0 fully saturated rings. The highest BCUT2D eigenvalue weighted by Crippen LogP contribution is 2.14. The molecule has 3 rings (SSSR count). The van der Waals surface area contributed by atoms with E-state index in [0.717, 1.165) is 17.3 Å². The zero-order chi connectivity index (χ0) is 15.4. The second-order valence-corrected chi connectivity index (χ2v) is 5.87. The lowest BCUT2D eigenvalue weighted by Gasteiger charge is -2.03. The average Bonchev–Trinajstić information content (AvgIpc) is 3.15. The van der Waals surface area contributed by atoms with Gasteiger partial charge in [0.2, 0.25) is 0 Å². The third-order valence-corrected chi connectivity index (χ3v) is 4.16. The molecule has 0 aliphatic rings. The van der Waals surface area contributed by atoms with E-state index in [1.807, 2.05) is 36.0 Å². The van der Waals surface area contributed by atoms with Gasteiger partial charge in [-0.25, -0.2) is 9.97 Å². The fraction of sp³-hybridized carbons (Fsp3) is 0.188. The number of aromatic nitrogens is 3. The molecule has 112 valence electrons. The third kappa shape index (κ3) is 3.40. The summed E-state index contributed by atoms with van der Waals surface area (Å²) in [5.74, 6) is 0.645. The minimum Gasteiger partial charge on any atom is -0.343 e. The lowest BCUT2D eigenvalue weighted by molar-refractivity contribution is 0.0945. The number of hydrogen-bond acceptors (Lipinski definition) is 4. The molecular weight excluding hydrogens is 296 g/mol. The van der Waals surface area contributed by atoms with Crippen LogP contribution in [0.3, 0.4) is 0 Å². The smallest absolute Gasteiger partial charge is 0.271 e. The molecule has 0 saturated carbocycles. The number of nitrogens with one attached hydrogen (secondary N) is 1. The van der Waals surface area contributed by atoms with Crippen LogP contribution in [0.5, 0.6) is 0 Å². The van der Waals surface area contributed by atoms with Crippen LogP contribution >= 0.6 is 11.3 Å². The molecule has 0 aliphatic heterocycles. The van der Waals surface area contributed by atoms with Crippen molar-refractivity contribution in [3.8, 4) is 0 Å². The molecule has 0 radical (unpaired) electrons. The quantitative estimate of drug-likeness (QED) is 0.787. The van der Waals surface area contributed by atoms with Gasteiger partial charge in [0, 0.05) is 31.2 Å². The second-order valence-electron chi connectivity index (χ2n) is 4.93. The summed E-state index contributed by atoms with van der Waals surface area (Å²) in [5.41, 5.74) is 1.65. The summed E-state index contributed by atoms with van der Waals surface area (Å²) >= 11 is 1.51. The Morgan fingerprint density at radius 2 is 2.14 bits per heavy atom. The molecule has 6 heteroatoms. The minimum absolute atomic E-state index is 0.168. The Kier molecular flexibility index (Phi) is 4.29. The van der Waals surface area contributed by atoms with Gasteiger partial charge in [0.1, 0.15) is 11.5 Å². The Morgan fingerprint density at radius 1 is 1.32 bits per heavy atom. The van der Waals surface area contributed by atoms with Crippen LogP contribution in [0.25, 0.3) is 0 Å². The van der Waals surface area contributed by atoms with E-state index in [0.29, 0.717) is 12.2 Å². The van der Waals surface area contributed by atoms with Crippen LogP contribution < -0.4 is 5.32 Å². The molecule has 0 bridgehead atoms. The normalized spacial score (nSPS) is 10.6. The molecular formula is C16H16N4OS. The Hall–Kier alpha value is -2.47. The number of aryl methyl sites for hydroxylation is 1. The molecule has 1 aromatic carbocycles. The summed E-state index contributed by atoms with van der Waals surface area (Å²) in [5, 5.41) is 5.58. The number of benzene rings is 1. The lowest BCUT2D eigenvalue weighted by Crippen LogP contribution is -2.24. The van der Waals surface area contributed by atoms with Crippen molar-refractivity contribution < 1.29 is 4.79 Å². The van der Waals surface area contributed by atoms with E-state index in [-0.39, 0.29) is 5.91 Å². The molecule has 22 heavy (non-hydrogen) atoms. The third-order valence-electron chi connectivity index (χ3n) is 3.31. The van der Waals surface area contributed by atoms with Gasteiger partial charge in [-0.15, -0.1) is 11.3 Å². The van der Waals surface area contributed by atoms with Crippen LogP contribution in [0.2, 0.25) is 0 Å². The standard InChI is InChI=1S/C16H16N4OS/c1-20-8-7-17-14(20)10-18-16(21)13-11-22-15(19-13)9-12-5-3-2-4-6-12/h2-8,11H,9-10H2,1H3,(H,18,21). The van der Waals surface area contributed by atoms with E-state index in [4.69, 9.17) is 0 Å². The van der Waals surface area contributed by atoms with Crippen molar-refractivity contribution in [1.29, 1.82) is 0 Å². The van der Waals surface area contributed by atoms with Crippen LogP contribution in [0.15, 0.2) is 48.1 Å². The first-order chi connectivity index (χ1) is 10.7. The number of hydrogen-bond donors (Lipinski definition) is 1. The van der Waals surface area contributed by atoms with Crippen molar-refractivity contribution in [3.05, 3.63) is 70.2 Å². The van der Waals surface area contributed by atoms with E-state index in [1.54, 1.807) is 11.6 Å². The number of imidazole rings is 1. The summed E-state index contributed by atoms with van der Waals surface area (Å²) in [4.78, 5) is 20.7. The minimum atomic E-state index is -0.168. The Morgan fingerprint density at radius 3 is 2.86 bits per heavy atom. The number of rotatable bonds is 5. The van der Waals surface area contributed by atoms with Crippen molar-refractivity contribution in [2.75, 3.05) is 0 Å². The first kappa shape index (κ1) is 14.5. The van der Waals surface area contributed by atoms with E-state index in [9.17, 15) is 4.79 Å². The number of carbonyl (C=O) groups excluding carboxylic acids is 1. The second kappa shape index (κ2) is 6.53. The summed E-state index contributed by atoms with van der Waals surface area (Å²) in [6.07, 6.45) is 4.31. The Bertz CT molecular complexity index is 763. The number of thiazole rings is 1.